The van der Waals surface area contributed by atoms with Crippen LogP contribution in [0.25, 0.3) is 10.9 Å². The van der Waals surface area contributed by atoms with Crippen LogP contribution in [0.5, 0.6) is 11.5 Å². The number of carbonyl (C=O) groups is 1. The molecular formula is C21H22N2O4. The number of aryl methyl sites for hydroxylation is 2. The Labute approximate surface area is 157 Å². The molecule has 1 amide bonds. The van der Waals surface area contributed by atoms with Gasteiger partial charge in [-0.25, -0.2) is 0 Å². The zero-order chi connectivity index (χ0) is 19.6. The summed E-state index contributed by atoms with van der Waals surface area (Å²) in [5.74, 6) is 0.444. The molecular weight excluding hydrogens is 344 g/mol. The number of carbonyl (C=O) groups excluding carboxylic acids is 1. The van der Waals surface area contributed by atoms with Crippen LogP contribution in [-0.4, -0.2) is 25.1 Å². The average molecular weight is 366 g/mol. The largest absolute Gasteiger partial charge is 0.496 e. The van der Waals surface area contributed by atoms with Gasteiger partial charge in [0.2, 0.25) is 0 Å². The lowest BCUT2D eigenvalue weighted by Gasteiger charge is -2.13. The number of hydrogen-bond donors (Lipinski definition) is 2. The van der Waals surface area contributed by atoms with E-state index >= 15 is 0 Å². The van der Waals surface area contributed by atoms with E-state index in [0.717, 1.165) is 22.0 Å². The molecule has 0 fully saturated rings. The van der Waals surface area contributed by atoms with Crippen molar-refractivity contribution in [3.63, 3.8) is 0 Å². The Balaban J connectivity index is 1.89. The third-order valence-corrected chi connectivity index (χ3v) is 4.72. The highest BCUT2D eigenvalue weighted by Crippen LogP contribution is 2.28. The number of H-pyrrole nitrogens is 1. The van der Waals surface area contributed by atoms with Crippen LogP contribution in [0, 0.1) is 13.8 Å². The van der Waals surface area contributed by atoms with E-state index in [0.29, 0.717) is 22.6 Å². The highest BCUT2D eigenvalue weighted by molar-refractivity contribution is 5.99. The smallest absolute Gasteiger partial charge is 0.259 e. The van der Waals surface area contributed by atoms with Crippen molar-refractivity contribution in [2.45, 2.75) is 20.4 Å². The molecule has 1 aromatic heterocycles. The van der Waals surface area contributed by atoms with Gasteiger partial charge in [-0.2, -0.15) is 0 Å². The predicted molar refractivity (Wildman–Crippen MR) is 105 cm³/mol. The number of methoxy groups -OCH3 is 2. The first-order chi connectivity index (χ1) is 13.0. The average Bonchev–Trinajstić information content (AvgIpc) is 2.68. The monoisotopic (exact) mass is 366 g/mol. The molecule has 6 heteroatoms. The van der Waals surface area contributed by atoms with Crippen LogP contribution in [0.2, 0.25) is 0 Å². The van der Waals surface area contributed by atoms with Crippen LogP contribution in [0.3, 0.4) is 0 Å². The number of fused-ring (bicyclic) bond motifs is 1. The van der Waals surface area contributed by atoms with Crippen molar-refractivity contribution in [1.29, 1.82) is 0 Å². The second kappa shape index (κ2) is 7.53. The molecule has 3 rings (SSSR count). The number of pyridine rings is 1. The standard InChI is InChI=1S/C21H22N2O4/c1-12-8-9-14-10-15(20(24)23-19(14)13(12)2)11-22-21(25)18-16(26-3)6-5-7-17(18)27-4/h5-10H,11H2,1-4H3,(H,22,25)(H,23,24). The van der Waals surface area contributed by atoms with Crippen molar-refractivity contribution in [3.05, 3.63) is 69.0 Å². The molecule has 0 radical (unpaired) electrons. The Morgan fingerprint density at radius 1 is 1.07 bits per heavy atom. The molecule has 27 heavy (non-hydrogen) atoms. The van der Waals surface area contributed by atoms with Gasteiger partial charge in [-0.1, -0.05) is 18.2 Å². The molecule has 0 aliphatic carbocycles. The highest BCUT2D eigenvalue weighted by atomic mass is 16.5. The maximum Gasteiger partial charge on any atom is 0.259 e. The van der Waals surface area contributed by atoms with E-state index < -0.39 is 0 Å². The molecule has 0 aliphatic heterocycles. The van der Waals surface area contributed by atoms with Crippen molar-refractivity contribution in [1.82, 2.24) is 10.3 Å². The van der Waals surface area contributed by atoms with Gasteiger partial charge in [0.25, 0.3) is 11.5 Å². The van der Waals surface area contributed by atoms with Crippen LogP contribution >= 0.6 is 0 Å². The molecule has 0 unspecified atom stereocenters. The van der Waals surface area contributed by atoms with Gasteiger partial charge >= 0.3 is 0 Å². The molecule has 2 N–H and O–H groups in total. The van der Waals surface area contributed by atoms with E-state index in [1.807, 2.05) is 26.0 Å². The molecule has 6 nitrogen and oxygen atoms in total. The lowest BCUT2D eigenvalue weighted by molar-refractivity contribution is 0.0944. The van der Waals surface area contributed by atoms with Crippen molar-refractivity contribution < 1.29 is 14.3 Å². The molecule has 0 spiro atoms. The van der Waals surface area contributed by atoms with Crippen molar-refractivity contribution in [2.24, 2.45) is 0 Å². The third kappa shape index (κ3) is 3.51. The van der Waals surface area contributed by atoms with Crippen molar-refractivity contribution >= 4 is 16.8 Å². The SMILES string of the molecule is COc1cccc(OC)c1C(=O)NCc1cc2ccc(C)c(C)c2[nH]c1=O. The predicted octanol–water partition coefficient (Wildman–Crippen LogP) is 3.09. The number of benzene rings is 2. The molecule has 3 aromatic rings. The van der Waals surface area contributed by atoms with Gasteiger partial charge in [0.15, 0.2) is 0 Å². The molecule has 0 saturated carbocycles. The van der Waals surface area contributed by atoms with Gasteiger partial charge in [-0.3, -0.25) is 9.59 Å². The number of amides is 1. The summed E-state index contributed by atoms with van der Waals surface area (Å²) in [5, 5.41) is 3.70. The van der Waals surface area contributed by atoms with Gasteiger partial charge in [-0.05, 0) is 48.6 Å². The number of nitrogens with one attached hydrogen (secondary N) is 2. The van der Waals surface area contributed by atoms with Gasteiger partial charge in [0.1, 0.15) is 17.1 Å². The van der Waals surface area contributed by atoms with E-state index in [4.69, 9.17) is 9.47 Å². The Hall–Kier alpha value is -3.28. The number of ether oxygens (including phenoxy) is 2. The Bertz CT molecular complexity index is 1050. The molecule has 0 bridgehead atoms. The zero-order valence-electron chi connectivity index (χ0n) is 15.8. The molecule has 1 heterocycles. The third-order valence-electron chi connectivity index (χ3n) is 4.72. The number of rotatable bonds is 5. The zero-order valence-corrected chi connectivity index (χ0v) is 15.8. The summed E-state index contributed by atoms with van der Waals surface area (Å²) in [6.45, 7) is 4.07. The first kappa shape index (κ1) is 18.5. The normalized spacial score (nSPS) is 10.7. The summed E-state index contributed by atoms with van der Waals surface area (Å²) in [7, 11) is 2.98. The highest BCUT2D eigenvalue weighted by Gasteiger charge is 2.18. The van der Waals surface area contributed by atoms with E-state index in [1.54, 1.807) is 24.3 Å². The van der Waals surface area contributed by atoms with Crippen molar-refractivity contribution in [2.75, 3.05) is 14.2 Å². The topological polar surface area (TPSA) is 80.4 Å². The minimum atomic E-state index is -0.371. The summed E-state index contributed by atoms with van der Waals surface area (Å²) in [4.78, 5) is 28.0. The number of aromatic nitrogens is 1. The lowest BCUT2D eigenvalue weighted by Crippen LogP contribution is -2.27. The summed E-state index contributed by atoms with van der Waals surface area (Å²) >= 11 is 0. The Kier molecular flexibility index (Phi) is 5.16. The first-order valence-electron chi connectivity index (χ1n) is 8.57. The maximum atomic E-state index is 12.7. The number of hydrogen-bond acceptors (Lipinski definition) is 4. The summed E-state index contributed by atoms with van der Waals surface area (Å²) in [6, 6.07) is 10.9. The first-order valence-corrected chi connectivity index (χ1v) is 8.57. The van der Waals surface area contributed by atoms with Gasteiger partial charge in [0, 0.05) is 12.1 Å². The molecule has 140 valence electrons. The van der Waals surface area contributed by atoms with Gasteiger partial charge < -0.3 is 19.8 Å². The fourth-order valence-electron chi connectivity index (χ4n) is 3.04. The summed E-state index contributed by atoms with van der Waals surface area (Å²) < 4.78 is 10.5. The molecule has 2 aromatic carbocycles. The van der Waals surface area contributed by atoms with Gasteiger partial charge in [-0.15, -0.1) is 0 Å². The van der Waals surface area contributed by atoms with Crippen LogP contribution < -0.4 is 20.3 Å². The van der Waals surface area contributed by atoms with E-state index in [2.05, 4.69) is 10.3 Å². The Morgan fingerprint density at radius 3 is 2.37 bits per heavy atom. The van der Waals surface area contributed by atoms with E-state index in [-0.39, 0.29) is 18.0 Å². The van der Waals surface area contributed by atoms with Crippen LogP contribution in [0.1, 0.15) is 27.0 Å². The summed E-state index contributed by atoms with van der Waals surface area (Å²) in [5.41, 5.74) is 3.53. The lowest BCUT2D eigenvalue weighted by atomic mass is 10.0. The van der Waals surface area contributed by atoms with Crippen LogP contribution in [0.4, 0.5) is 0 Å². The van der Waals surface area contributed by atoms with E-state index in [9.17, 15) is 9.59 Å². The number of aromatic amines is 1. The van der Waals surface area contributed by atoms with Crippen LogP contribution in [-0.2, 0) is 6.54 Å². The molecule has 0 atom stereocenters. The van der Waals surface area contributed by atoms with Crippen LogP contribution in [0.15, 0.2) is 41.2 Å². The molecule has 0 aliphatic rings. The Morgan fingerprint density at radius 2 is 1.74 bits per heavy atom. The minimum absolute atomic E-state index is 0.0955. The van der Waals surface area contributed by atoms with E-state index in [1.165, 1.54) is 14.2 Å². The second-order valence-corrected chi connectivity index (χ2v) is 6.32. The summed E-state index contributed by atoms with van der Waals surface area (Å²) in [6.07, 6.45) is 0. The fourth-order valence-corrected chi connectivity index (χ4v) is 3.04. The van der Waals surface area contributed by atoms with Crippen molar-refractivity contribution in [3.8, 4) is 11.5 Å². The van der Waals surface area contributed by atoms with Gasteiger partial charge in [0.05, 0.1) is 19.7 Å². The maximum absolute atomic E-state index is 12.7. The fraction of sp³-hybridized carbons (Fsp3) is 0.238. The quantitative estimate of drug-likeness (QED) is 0.727. The second-order valence-electron chi connectivity index (χ2n) is 6.32. The minimum Gasteiger partial charge on any atom is -0.496 e. The molecule has 0 saturated heterocycles.